The number of hydrogen-bond donors (Lipinski definition) is 1. The van der Waals surface area contributed by atoms with Crippen molar-refractivity contribution in [2.24, 2.45) is 10.8 Å². The quantitative estimate of drug-likeness (QED) is 0.325. The molecule has 1 saturated heterocycles. The molecule has 1 fully saturated rings. The van der Waals surface area contributed by atoms with E-state index < -0.39 is 10.7 Å². The first kappa shape index (κ1) is 28.3. The van der Waals surface area contributed by atoms with Crippen LogP contribution < -0.4 is 5.32 Å². The van der Waals surface area contributed by atoms with Gasteiger partial charge in [-0.1, -0.05) is 41.5 Å². The zero-order valence-electron chi connectivity index (χ0n) is 20.2. The second kappa shape index (κ2) is 12.5. The minimum Gasteiger partial charge on any atom is -0.380 e. The molecule has 8 nitrogen and oxygen atoms in total. The summed E-state index contributed by atoms with van der Waals surface area (Å²) in [6.07, 6.45) is 1.09. The third-order valence-corrected chi connectivity index (χ3v) is 6.17. The number of carbonyl (C=O) groups excluding carboxylic acids is 5. The molecular weight excluding hydrogens is 432 g/mol. The number of ether oxygens (including phenoxy) is 1. The Hall–Kier alpha value is -1.74. The Balaban J connectivity index is 2.27. The molecule has 182 valence electrons. The molecule has 1 rings (SSSR count). The second-order valence-corrected chi connectivity index (χ2v) is 11.4. The van der Waals surface area contributed by atoms with Crippen molar-refractivity contribution in [3.05, 3.63) is 0 Å². The maximum Gasteiger partial charge on any atom is 0.243 e. The van der Waals surface area contributed by atoms with Crippen molar-refractivity contribution in [2.75, 3.05) is 32.1 Å². The van der Waals surface area contributed by atoms with Crippen LogP contribution in [0.15, 0.2) is 0 Å². The second-order valence-electron chi connectivity index (χ2n) is 10.1. The Morgan fingerprint density at radius 1 is 1.03 bits per heavy atom. The highest BCUT2D eigenvalue weighted by molar-refractivity contribution is 8.00. The van der Waals surface area contributed by atoms with Crippen molar-refractivity contribution in [3.8, 4) is 0 Å². The Labute approximate surface area is 195 Å². The first-order valence-corrected chi connectivity index (χ1v) is 12.1. The van der Waals surface area contributed by atoms with Crippen LogP contribution in [0.2, 0.25) is 0 Å². The maximum atomic E-state index is 12.5. The molecule has 3 amide bonds. The number of likely N-dealkylation sites (tertiary alicyclic amines) is 1. The van der Waals surface area contributed by atoms with E-state index in [1.54, 1.807) is 0 Å². The van der Waals surface area contributed by atoms with Gasteiger partial charge in [-0.3, -0.25) is 28.9 Å². The van der Waals surface area contributed by atoms with Gasteiger partial charge >= 0.3 is 0 Å². The molecule has 1 aliphatic heterocycles. The average molecular weight is 471 g/mol. The van der Waals surface area contributed by atoms with Crippen LogP contribution in [0.3, 0.4) is 0 Å². The molecule has 0 bridgehead atoms. The predicted molar refractivity (Wildman–Crippen MR) is 124 cm³/mol. The van der Waals surface area contributed by atoms with Gasteiger partial charge in [0.2, 0.25) is 17.7 Å². The summed E-state index contributed by atoms with van der Waals surface area (Å²) in [7, 11) is 0. The van der Waals surface area contributed by atoms with Gasteiger partial charge in [-0.25, -0.2) is 0 Å². The normalized spacial score (nSPS) is 17.1. The fraction of sp³-hybridized carbons (Fsp3) is 0.783. The Bertz CT molecular complexity index is 708. The molecule has 0 aromatic carbocycles. The van der Waals surface area contributed by atoms with E-state index in [4.69, 9.17) is 4.74 Å². The van der Waals surface area contributed by atoms with Crippen molar-refractivity contribution in [1.82, 2.24) is 10.2 Å². The van der Waals surface area contributed by atoms with Crippen LogP contribution in [0.1, 0.15) is 67.2 Å². The number of amides is 3. The lowest BCUT2D eigenvalue weighted by Crippen LogP contribution is -2.37. The SMILES string of the molecule is CC(C)(C)C(=O)CCOCCSC1CC(=O)N(CC(=O)CCCNC(=O)C(C)(C)C)C1=O. The Morgan fingerprint density at radius 2 is 1.69 bits per heavy atom. The molecule has 0 aliphatic carbocycles. The fourth-order valence-electron chi connectivity index (χ4n) is 2.85. The van der Waals surface area contributed by atoms with E-state index in [9.17, 15) is 24.0 Å². The summed E-state index contributed by atoms with van der Waals surface area (Å²) in [5.41, 5.74) is -0.865. The van der Waals surface area contributed by atoms with Crippen LogP contribution in [-0.2, 0) is 28.7 Å². The van der Waals surface area contributed by atoms with Crippen molar-refractivity contribution in [2.45, 2.75) is 72.5 Å². The van der Waals surface area contributed by atoms with E-state index in [2.05, 4.69) is 5.32 Å². The highest BCUT2D eigenvalue weighted by Crippen LogP contribution is 2.25. The smallest absolute Gasteiger partial charge is 0.243 e. The number of hydrogen-bond acceptors (Lipinski definition) is 7. The molecule has 1 atom stereocenters. The molecule has 1 unspecified atom stereocenters. The number of ketones is 2. The molecule has 1 aliphatic rings. The monoisotopic (exact) mass is 470 g/mol. The summed E-state index contributed by atoms with van der Waals surface area (Å²) in [6, 6.07) is 0. The summed E-state index contributed by atoms with van der Waals surface area (Å²) in [5.74, 6) is -0.286. The molecule has 0 aromatic rings. The maximum absolute atomic E-state index is 12.5. The lowest BCUT2D eigenvalue weighted by molar-refractivity contribution is -0.141. The van der Waals surface area contributed by atoms with E-state index in [0.29, 0.717) is 38.4 Å². The molecule has 1 heterocycles. The van der Waals surface area contributed by atoms with Crippen LogP contribution in [0.25, 0.3) is 0 Å². The topological polar surface area (TPSA) is 110 Å². The van der Waals surface area contributed by atoms with Gasteiger partial charge in [0.15, 0.2) is 5.78 Å². The minimum absolute atomic E-state index is 0.0838. The first-order valence-electron chi connectivity index (χ1n) is 11.1. The van der Waals surface area contributed by atoms with E-state index in [0.717, 1.165) is 4.90 Å². The molecule has 9 heteroatoms. The van der Waals surface area contributed by atoms with E-state index >= 15 is 0 Å². The molecule has 0 spiro atoms. The van der Waals surface area contributed by atoms with Gasteiger partial charge in [0.05, 0.1) is 25.0 Å². The van der Waals surface area contributed by atoms with Crippen LogP contribution in [-0.4, -0.2) is 71.5 Å². The van der Waals surface area contributed by atoms with Gasteiger partial charge < -0.3 is 10.1 Å². The van der Waals surface area contributed by atoms with Crippen molar-refractivity contribution < 1.29 is 28.7 Å². The number of nitrogens with one attached hydrogen (secondary N) is 1. The van der Waals surface area contributed by atoms with Gasteiger partial charge in [-0.15, -0.1) is 11.8 Å². The molecule has 0 aromatic heterocycles. The molecular formula is C23H38N2O6S. The number of nitrogens with zero attached hydrogens (tertiary/aromatic N) is 1. The van der Waals surface area contributed by atoms with Crippen LogP contribution in [0, 0.1) is 10.8 Å². The lowest BCUT2D eigenvalue weighted by Gasteiger charge is -2.17. The molecule has 1 N–H and O–H groups in total. The van der Waals surface area contributed by atoms with Gasteiger partial charge in [0.25, 0.3) is 0 Å². The summed E-state index contributed by atoms with van der Waals surface area (Å²) < 4.78 is 5.47. The number of rotatable bonds is 13. The number of imide groups is 1. The highest BCUT2D eigenvalue weighted by Gasteiger charge is 2.39. The van der Waals surface area contributed by atoms with Crippen LogP contribution >= 0.6 is 11.8 Å². The third-order valence-electron chi connectivity index (χ3n) is 4.99. The van der Waals surface area contributed by atoms with Crippen molar-refractivity contribution in [3.63, 3.8) is 0 Å². The van der Waals surface area contributed by atoms with Crippen molar-refractivity contribution >= 4 is 41.0 Å². The van der Waals surface area contributed by atoms with Crippen molar-refractivity contribution in [1.29, 1.82) is 0 Å². The van der Waals surface area contributed by atoms with Gasteiger partial charge in [-0.05, 0) is 6.42 Å². The molecule has 32 heavy (non-hydrogen) atoms. The lowest BCUT2D eigenvalue weighted by atomic mass is 9.89. The number of thioether (sulfide) groups is 1. The molecule has 0 saturated carbocycles. The van der Waals surface area contributed by atoms with E-state index in [1.165, 1.54) is 11.8 Å². The zero-order valence-corrected chi connectivity index (χ0v) is 21.1. The first-order chi connectivity index (χ1) is 14.7. The fourth-order valence-corrected chi connectivity index (χ4v) is 3.88. The largest absolute Gasteiger partial charge is 0.380 e. The van der Waals surface area contributed by atoms with E-state index in [-0.39, 0.29) is 54.1 Å². The summed E-state index contributed by atoms with van der Waals surface area (Å²) in [5, 5.41) is 2.28. The van der Waals surface area contributed by atoms with E-state index in [1.807, 2.05) is 41.5 Å². The Kier molecular flexibility index (Phi) is 11.0. The highest BCUT2D eigenvalue weighted by atomic mass is 32.2. The average Bonchev–Trinajstić information content (AvgIpc) is 2.93. The minimum atomic E-state index is -0.499. The van der Waals surface area contributed by atoms with Gasteiger partial charge in [-0.2, -0.15) is 0 Å². The summed E-state index contributed by atoms with van der Waals surface area (Å²) >= 11 is 1.34. The van der Waals surface area contributed by atoms with Gasteiger partial charge in [0.1, 0.15) is 5.78 Å². The standard InChI is InChI=1S/C23H38N2O6S/c1-22(2,3)18(27)9-11-31-12-13-32-17-14-19(28)25(20(17)29)15-16(26)8-7-10-24-21(30)23(4,5)6/h17H,7-15H2,1-6H3,(H,24,30). The number of carbonyl (C=O) groups is 5. The number of Topliss-reactive ketones (excluding diaryl/α,β-unsaturated/α-hetero) is 2. The third kappa shape index (κ3) is 9.81. The summed E-state index contributed by atoms with van der Waals surface area (Å²) in [6.45, 7) is 11.9. The zero-order chi connectivity index (χ0) is 24.5. The molecule has 0 radical (unpaired) electrons. The predicted octanol–water partition coefficient (Wildman–Crippen LogP) is 2.38. The van der Waals surface area contributed by atoms with Crippen LogP contribution in [0.4, 0.5) is 0 Å². The summed E-state index contributed by atoms with van der Waals surface area (Å²) in [4.78, 5) is 61.5. The van der Waals surface area contributed by atoms with Gasteiger partial charge in [0, 0.05) is 42.4 Å². The van der Waals surface area contributed by atoms with Crippen LogP contribution in [0.5, 0.6) is 0 Å². The Morgan fingerprint density at radius 3 is 2.28 bits per heavy atom.